The van der Waals surface area contributed by atoms with E-state index < -0.39 is 0 Å². The molecule has 2 aromatic heterocycles. The van der Waals surface area contributed by atoms with Gasteiger partial charge >= 0.3 is 0 Å². The number of nitrogens with zero attached hydrogens (tertiary/aromatic N) is 4. The van der Waals surface area contributed by atoms with Gasteiger partial charge in [0, 0.05) is 7.05 Å². The Morgan fingerprint density at radius 2 is 2.00 bits per heavy atom. The summed E-state index contributed by atoms with van der Waals surface area (Å²) in [5.41, 5.74) is 7.50. The van der Waals surface area contributed by atoms with Crippen LogP contribution in [0.3, 0.4) is 0 Å². The van der Waals surface area contributed by atoms with Gasteiger partial charge in [-0.2, -0.15) is 4.98 Å². The normalized spacial score (nSPS) is 11.0. The molecule has 0 saturated heterocycles. The van der Waals surface area contributed by atoms with E-state index in [0.29, 0.717) is 17.7 Å². The SMILES string of the molecule is Cn1cnc2c(=O)n(Cc3ccccc3)c(N)nc21. The summed E-state index contributed by atoms with van der Waals surface area (Å²) in [6, 6.07) is 9.64. The fourth-order valence-electron chi connectivity index (χ4n) is 2.03. The first-order chi connectivity index (χ1) is 9.16. The highest BCUT2D eigenvalue weighted by atomic mass is 16.1. The van der Waals surface area contributed by atoms with E-state index in [-0.39, 0.29) is 11.5 Å². The number of hydrogen-bond acceptors (Lipinski definition) is 4. The van der Waals surface area contributed by atoms with Crippen LogP contribution in [0.5, 0.6) is 0 Å². The molecular formula is C13H13N5O. The van der Waals surface area contributed by atoms with Crippen molar-refractivity contribution in [3.05, 3.63) is 52.6 Å². The number of aromatic nitrogens is 4. The van der Waals surface area contributed by atoms with Crippen LogP contribution in [0.1, 0.15) is 5.56 Å². The van der Waals surface area contributed by atoms with E-state index in [4.69, 9.17) is 5.73 Å². The Morgan fingerprint density at radius 1 is 1.26 bits per heavy atom. The summed E-state index contributed by atoms with van der Waals surface area (Å²) < 4.78 is 3.12. The van der Waals surface area contributed by atoms with Crippen molar-refractivity contribution in [1.82, 2.24) is 19.1 Å². The molecule has 0 bridgehead atoms. The van der Waals surface area contributed by atoms with E-state index in [2.05, 4.69) is 9.97 Å². The highest BCUT2D eigenvalue weighted by molar-refractivity contribution is 5.70. The van der Waals surface area contributed by atoms with Gasteiger partial charge in [0.15, 0.2) is 11.2 Å². The highest BCUT2D eigenvalue weighted by Crippen LogP contribution is 2.09. The fourth-order valence-corrected chi connectivity index (χ4v) is 2.03. The minimum Gasteiger partial charge on any atom is -0.369 e. The summed E-state index contributed by atoms with van der Waals surface area (Å²) >= 11 is 0. The Kier molecular flexibility index (Phi) is 2.56. The standard InChI is InChI=1S/C13H13N5O/c1-17-8-15-10-11(17)16-13(14)18(12(10)19)7-9-5-3-2-4-6-9/h2-6,8H,7H2,1H3,(H2,14,16). The topological polar surface area (TPSA) is 78.7 Å². The number of nitrogen functional groups attached to an aromatic ring is 1. The molecule has 0 saturated carbocycles. The molecule has 3 aromatic rings. The van der Waals surface area contributed by atoms with E-state index in [1.54, 1.807) is 17.9 Å². The number of rotatable bonds is 2. The molecule has 0 fully saturated rings. The van der Waals surface area contributed by atoms with Gasteiger partial charge in [-0.3, -0.25) is 9.36 Å². The number of nitrogens with two attached hydrogens (primary N) is 1. The van der Waals surface area contributed by atoms with Crippen molar-refractivity contribution in [3.8, 4) is 0 Å². The Labute approximate surface area is 109 Å². The third kappa shape index (κ3) is 1.87. The van der Waals surface area contributed by atoms with Crippen LogP contribution < -0.4 is 11.3 Å². The lowest BCUT2D eigenvalue weighted by Gasteiger charge is -2.08. The molecule has 6 nitrogen and oxygen atoms in total. The van der Waals surface area contributed by atoms with Crippen molar-refractivity contribution >= 4 is 17.1 Å². The number of hydrogen-bond donors (Lipinski definition) is 1. The lowest BCUT2D eigenvalue weighted by atomic mass is 10.2. The number of anilines is 1. The monoisotopic (exact) mass is 255 g/mol. The molecule has 0 radical (unpaired) electrons. The van der Waals surface area contributed by atoms with Crippen molar-refractivity contribution in [2.24, 2.45) is 7.05 Å². The molecule has 0 aliphatic carbocycles. The van der Waals surface area contributed by atoms with Gasteiger partial charge in [-0.25, -0.2) is 4.98 Å². The van der Waals surface area contributed by atoms with Crippen LogP contribution in [-0.4, -0.2) is 19.1 Å². The van der Waals surface area contributed by atoms with Gasteiger partial charge in [0.25, 0.3) is 5.56 Å². The number of benzene rings is 1. The second kappa shape index (κ2) is 4.24. The predicted octanol–water partition coefficient (Wildman–Crippen LogP) is 0.760. The molecular weight excluding hydrogens is 242 g/mol. The van der Waals surface area contributed by atoms with Gasteiger partial charge in [0.2, 0.25) is 5.95 Å². The zero-order valence-corrected chi connectivity index (χ0v) is 10.4. The van der Waals surface area contributed by atoms with Crippen LogP contribution in [-0.2, 0) is 13.6 Å². The van der Waals surface area contributed by atoms with Crippen LogP contribution in [0.2, 0.25) is 0 Å². The second-order valence-corrected chi connectivity index (χ2v) is 4.37. The predicted molar refractivity (Wildman–Crippen MR) is 72.7 cm³/mol. The van der Waals surface area contributed by atoms with E-state index in [0.717, 1.165) is 5.56 Å². The Bertz CT molecular complexity index is 788. The molecule has 0 atom stereocenters. The maximum absolute atomic E-state index is 12.3. The van der Waals surface area contributed by atoms with Crippen LogP contribution in [0.25, 0.3) is 11.2 Å². The summed E-state index contributed by atoms with van der Waals surface area (Å²) in [7, 11) is 1.78. The minimum atomic E-state index is -0.216. The first kappa shape index (κ1) is 11.5. The zero-order valence-electron chi connectivity index (χ0n) is 10.4. The quantitative estimate of drug-likeness (QED) is 0.733. The van der Waals surface area contributed by atoms with Crippen LogP contribution >= 0.6 is 0 Å². The Morgan fingerprint density at radius 3 is 2.74 bits per heavy atom. The fraction of sp³-hybridized carbons (Fsp3) is 0.154. The largest absolute Gasteiger partial charge is 0.369 e. The molecule has 0 aliphatic rings. The molecule has 2 heterocycles. The molecule has 0 aliphatic heterocycles. The van der Waals surface area contributed by atoms with Gasteiger partial charge in [-0.05, 0) is 5.56 Å². The smallest absolute Gasteiger partial charge is 0.283 e. The third-order valence-corrected chi connectivity index (χ3v) is 3.03. The van der Waals surface area contributed by atoms with Gasteiger partial charge in [0.1, 0.15) is 0 Å². The summed E-state index contributed by atoms with van der Waals surface area (Å²) in [6.07, 6.45) is 1.56. The van der Waals surface area contributed by atoms with E-state index in [1.807, 2.05) is 30.3 Å². The molecule has 2 N–H and O–H groups in total. The number of imidazole rings is 1. The molecule has 6 heteroatoms. The lowest BCUT2D eigenvalue weighted by Crippen LogP contribution is -2.25. The van der Waals surface area contributed by atoms with Crippen molar-refractivity contribution < 1.29 is 0 Å². The van der Waals surface area contributed by atoms with Crippen molar-refractivity contribution in [2.45, 2.75) is 6.54 Å². The number of fused-ring (bicyclic) bond motifs is 1. The van der Waals surface area contributed by atoms with Crippen molar-refractivity contribution in [3.63, 3.8) is 0 Å². The first-order valence-electron chi connectivity index (χ1n) is 5.88. The molecule has 3 rings (SSSR count). The lowest BCUT2D eigenvalue weighted by molar-refractivity contribution is 0.759. The maximum Gasteiger partial charge on any atom is 0.283 e. The molecule has 96 valence electrons. The molecule has 19 heavy (non-hydrogen) atoms. The first-order valence-corrected chi connectivity index (χ1v) is 5.88. The summed E-state index contributed by atoms with van der Waals surface area (Å²) in [4.78, 5) is 20.6. The molecule has 1 aromatic carbocycles. The molecule has 0 unspecified atom stereocenters. The average Bonchev–Trinajstić information content (AvgIpc) is 2.78. The zero-order chi connectivity index (χ0) is 13.4. The van der Waals surface area contributed by atoms with Crippen molar-refractivity contribution in [2.75, 3.05) is 5.73 Å². The van der Waals surface area contributed by atoms with E-state index >= 15 is 0 Å². The van der Waals surface area contributed by atoms with Crippen LogP contribution in [0.15, 0.2) is 41.5 Å². The summed E-state index contributed by atoms with van der Waals surface area (Å²) in [5.74, 6) is 0.199. The van der Waals surface area contributed by atoms with Gasteiger partial charge in [-0.1, -0.05) is 30.3 Å². The van der Waals surface area contributed by atoms with Crippen molar-refractivity contribution in [1.29, 1.82) is 0 Å². The summed E-state index contributed by atoms with van der Waals surface area (Å²) in [5, 5.41) is 0. The second-order valence-electron chi connectivity index (χ2n) is 4.37. The van der Waals surface area contributed by atoms with Gasteiger partial charge in [0.05, 0.1) is 12.9 Å². The third-order valence-electron chi connectivity index (χ3n) is 3.03. The molecule has 0 spiro atoms. The Hall–Kier alpha value is -2.63. The summed E-state index contributed by atoms with van der Waals surface area (Å²) in [6.45, 7) is 0.394. The van der Waals surface area contributed by atoms with E-state index in [9.17, 15) is 4.79 Å². The number of aryl methyl sites for hydroxylation is 1. The Balaban J connectivity index is 2.16. The maximum atomic E-state index is 12.3. The van der Waals surface area contributed by atoms with Gasteiger partial charge in [-0.15, -0.1) is 0 Å². The average molecular weight is 255 g/mol. The van der Waals surface area contributed by atoms with Crippen LogP contribution in [0, 0.1) is 0 Å². The highest BCUT2D eigenvalue weighted by Gasteiger charge is 2.12. The van der Waals surface area contributed by atoms with Crippen LogP contribution in [0.4, 0.5) is 5.95 Å². The minimum absolute atomic E-state index is 0.199. The van der Waals surface area contributed by atoms with E-state index in [1.165, 1.54) is 4.57 Å². The molecule has 0 amide bonds. The van der Waals surface area contributed by atoms with Gasteiger partial charge < -0.3 is 10.3 Å².